The Morgan fingerprint density at radius 2 is 2.11 bits per heavy atom. The monoisotopic (exact) mass is 381 g/mol. The lowest BCUT2D eigenvalue weighted by Gasteiger charge is -2.21. The predicted octanol–water partition coefficient (Wildman–Crippen LogP) is 2.79. The maximum Gasteiger partial charge on any atom is 0.263 e. The highest BCUT2D eigenvalue weighted by Crippen LogP contribution is 2.41. The Morgan fingerprint density at radius 3 is 3.04 bits per heavy atom. The van der Waals surface area contributed by atoms with Gasteiger partial charge in [-0.2, -0.15) is 0 Å². The average molecular weight is 382 g/mol. The van der Waals surface area contributed by atoms with Gasteiger partial charge in [-0.15, -0.1) is 11.3 Å². The molecule has 3 aromatic rings. The molecule has 6 nitrogen and oxygen atoms in total. The van der Waals surface area contributed by atoms with E-state index in [-0.39, 0.29) is 11.9 Å². The topological polar surface area (TPSA) is 69.3 Å². The van der Waals surface area contributed by atoms with Crippen LogP contribution in [0.3, 0.4) is 0 Å². The normalized spacial score (nSPS) is 20.7. The Kier molecular flexibility index (Phi) is 4.13. The summed E-state index contributed by atoms with van der Waals surface area (Å²) < 4.78 is 1.12. The van der Waals surface area contributed by atoms with E-state index in [0.717, 1.165) is 76.5 Å². The summed E-state index contributed by atoms with van der Waals surface area (Å²) in [4.78, 5) is 20.6. The SMILES string of the molecule is CC1CNc2c(sc3ccc4nc(N5CCCNCC5)ccc4c23)C(=O)N1. The fourth-order valence-corrected chi connectivity index (χ4v) is 5.06. The molecule has 0 spiro atoms. The van der Waals surface area contributed by atoms with E-state index in [2.05, 4.69) is 45.1 Å². The lowest BCUT2D eigenvalue weighted by molar-refractivity contribution is 0.0949. The van der Waals surface area contributed by atoms with Crippen LogP contribution in [0.15, 0.2) is 24.3 Å². The summed E-state index contributed by atoms with van der Waals surface area (Å²) in [5.41, 5.74) is 1.94. The summed E-state index contributed by atoms with van der Waals surface area (Å²) in [6, 6.07) is 8.57. The van der Waals surface area contributed by atoms with Crippen molar-refractivity contribution in [2.45, 2.75) is 19.4 Å². The van der Waals surface area contributed by atoms with Crippen molar-refractivity contribution in [3.63, 3.8) is 0 Å². The molecule has 0 aliphatic carbocycles. The standard InChI is InChI=1S/C20H23N5OS/c1-12-11-22-18-17-13-3-6-16(25-9-2-7-21-8-10-25)24-14(13)4-5-15(17)27-19(18)20(26)23-12/h3-6,12,21-22H,2,7-11H2,1H3,(H,23,26). The molecule has 1 aromatic carbocycles. The predicted molar refractivity (Wildman–Crippen MR) is 112 cm³/mol. The zero-order valence-electron chi connectivity index (χ0n) is 15.3. The molecule has 1 atom stereocenters. The number of rotatable bonds is 1. The highest BCUT2D eigenvalue weighted by atomic mass is 32.1. The number of pyridine rings is 1. The molecule has 1 saturated heterocycles. The number of hydrogen-bond donors (Lipinski definition) is 3. The quantitative estimate of drug-likeness (QED) is 0.605. The first kappa shape index (κ1) is 16.8. The first-order valence-electron chi connectivity index (χ1n) is 9.57. The van der Waals surface area contributed by atoms with Crippen molar-refractivity contribution < 1.29 is 4.79 Å². The minimum Gasteiger partial charge on any atom is -0.381 e. The number of nitrogens with one attached hydrogen (secondary N) is 3. The summed E-state index contributed by atoms with van der Waals surface area (Å²) in [7, 11) is 0. The number of carbonyl (C=O) groups is 1. The smallest absolute Gasteiger partial charge is 0.263 e. The second kappa shape index (κ2) is 6.65. The highest BCUT2D eigenvalue weighted by molar-refractivity contribution is 7.21. The molecule has 1 amide bonds. The molecular formula is C20H23N5OS. The molecule has 7 heteroatoms. The molecule has 1 fully saturated rings. The number of nitrogens with zero attached hydrogens (tertiary/aromatic N) is 2. The number of amides is 1. The first-order chi connectivity index (χ1) is 13.2. The number of anilines is 2. The van der Waals surface area contributed by atoms with Gasteiger partial charge in [0.15, 0.2) is 0 Å². The molecule has 27 heavy (non-hydrogen) atoms. The van der Waals surface area contributed by atoms with Crippen molar-refractivity contribution in [2.24, 2.45) is 0 Å². The molecule has 140 valence electrons. The maximum absolute atomic E-state index is 12.5. The molecule has 4 heterocycles. The lowest BCUT2D eigenvalue weighted by atomic mass is 10.1. The van der Waals surface area contributed by atoms with E-state index in [9.17, 15) is 4.79 Å². The molecule has 2 aliphatic rings. The first-order valence-corrected chi connectivity index (χ1v) is 10.4. The van der Waals surface area contributed by atoms with Gasteiger partial charge in [-0.25, -0.2) is 4.98 Å². The van der Waals surface area contributed by atoms with Crippen molar-refractivity contribution in [1.29, 1.82) is 0 Å². The number of thiophene rings is 1. The van der Waals surface area contributed by atoms with Crippen molar-refractivity contribution in [2.75, 3.05) is 42.9 Å². The third kappa shape index (κ3) is 2.91. The minimum absolute atomic E-state index is 0.0125. The van der Waals surface area contributed by atoms with Crippen LogP contribution in [-0.4, -0.2) is 49.7 Å². The van der Waals surface area contributed by atoms with E-state index in [1.165, 1.54) is 0 Å². The zero-order chi connectivity index (χ0) is 18.4. The number of aromatic nitrogens is 1. The number of fused-ring (bicyclic) bond motifs is 5. The third-order valence-electron chi connectivity index (χ3n) is 5.34. The van der Waals surface area contributed by atoms with Crippen LogP contribution in [0.2, 0.25) is 0 Å². The number of hydrogen-bond acceptors (Lipinski definition) is 6. The summed E-state index contributed by atoms with van der Waals surface area (Å²) in [5, 5.41) is 12.2. The van der Waals surface area contributed by atoms with Gasteiger partial charge in [0.2, 0.25) is 0 Å². The second-order valence-corrected chi connectivity index (χ2v) is 8.38. The molecule has 2 aromatic heterocycles. The van der Waals surface area contributed by atoms with E-state index >= 15 is 0 Å². The van der Waals surface area contributed by atoms with Gasteiger partial charge in [0.25, 0.3) is 5.91 Å². The summed E-state index contributed by atoms with van der Waals surface area (Å²) >= 11 is 1.55. The van der Waals surface area contributed by atoms with Gasteiger partial charge in [-0.05, 0) is 44.2 Å². The Labute approximate surface area is 161 Å². The Balaban J connectivity index is 1.63. The van der Waals surface area contributed by atoms with Crippen LogP contribution in [-0.2, 0) is 0 Å². The van der Waals surface area contributed by atoms with Crippen molar-refractivity contribution in [1.82, 2.24) is 15.6 Å². The van der Waals surface area contributed by atoms with Crippen LogP contribution in [0.4, 0.5) is 11.5 Å². The largest absolute Gasteiger partial charge is 0.381 e. The average Bonchev–Trinajstić information content (AvgIpc) is 2.80. The van der Waals surface area contributed by atoms with Gasteiger partial charge < -0.3 is 20.9 Å². The molecule has 1 unspecified atom stereocenters. The van der Waals surface area contributed by atoms with Gasteiger partial charge in [-0.1, -0.05) is 0 Å². The van der Waals surface area contributed by atoms with Crippen LogP contribution in [0.5, 0.6) is 0 Å². The molecule has 5 rings (SSSR count). The van der Waals surface area contributed by atoms with Crippen LogP contribution in [0, 0.1) is 0 Å². The molecule has 0 bridgehead atoms. The molecule has 0 saturated carbocycles. The number of carbonyl (C=O) groups excluding carboxylic acids is 1. The molecule has 2 aliphatic heterocycles. The fourth-order valence-electron chi connectivity index (χ4n) is 3.97. The summed E-state index contributed by atoms with van der Waals surface area (Å²) in [6.07, 6.45) is 1.13. The molecule has 0 radical (unpaired) electrons. The van der Waals surface area contributed by atoms with Crippen LogP contribution < -0.4 is 20.9 Å². The van der Waals surface area contributed by atoms with E-state index in [4.69, 9.17) is 4.98 Å². The van der Waals surface area contributed by atoms with Gasteiger partial charge >= 0.3 is 0 Å². The Morgan fingerprint density at radius 1 is 1.19 bits per heavy atom. The lowest BCUT2D eigenvalue weighted by Crippen LogP contribution is -2.34. The minimum atomic E-state index is 0.0125. The molecule has 3 N–H and O–H groups in total. The van der Waals surface area contributed by atoms with Crippen LogP contribution in [0.25, 0.3) is 21.0 Å². The summed E-state index contributed by atoms with van der Waals surface area (Å²) in [6.45, 7) is 6.82. The van der Waals surface area contributed by atoms with Gasteiger partial charge in [0.1, 0.15) is 10.7 Å². The van der Waals surface area contributed by atoms with Gasteiger partial charge in [-0.3, -0.25) is 4.79 Å². The maximum atomic E-state index is 12.5. The highest BCUT2D eigenvalue weighted by Gasteiger charge is 2.25. The Hall–Kier alpha value is -2.38. The van der Waals surface area contributed by atoms with E-state index in [0.29, 0.717) is 0 Å². The number of benzene rings is 1. The summed E-state index contributed by atoms with van der Waals surface area (Å²) in [5.74, 6) is 1.05. The van der Waals surface area contributed by atoms with Crippen molar-refractivity contribution in [3.05, 3.63) is 29.1 Å². The van der Waals surface area contributed by atoms with Crippen LogP contribution in [0.1, 0.15) is 23.0 Å². The van der Waals surface area contributed by atoms with Crippen LogP contribution >= 0.6 is 11.3 Å². The van der Waals surface area contributed by atoms with E-state index < -0.39 is 0 Å². The fraction of sp³-hybridized carbons (Fsp3) is 0.400. The van der Waals surface area contributed by atoms with E-state index in [1.807, 2.05) is 6.92 Å². The van der Waals surface area contributed by atoms with E-state index in [1.54, 1.807) is 11.3 Å². The second-order valence-electron chi connectivity index (χ2n) is 7.33. The van der Waals surface area contributed by atoms with Gasteiger partial charge in [0.05, 0.1) is 11.2 Å². The van der Waals surface area contributed by atoms with Crippen molar-refractivity contribution >= 4 is 49.7 Å². The van der Waals surface area contributed by atoms with Gasteiger partial charge in [0, 0.05) is 47.7 Å². The third-order valence-corrected chi connectivity index (χ3v) is 6.49. The zero-order valence-corrected chi connectivity index (χ0v) is 16.2. The Bertz CT molecular complexity index is 1020. The van der Waals surface area contributed by atoms with Crippen molar-refractivity contribution in [3.8, 4) is 0 Å². The molecular weight excluding hydrogens is 358 g/mol.